The van der Waals surface area contributed by atoms with E-state index >= 15 is 0 Å². The molecule has 0 aliphatic carbocycles. The van der Waals surface area contributed by atoms with Gasteiger partial charge >= 0.3 is 5.97 Å². The maximum atomic E-state index is 12.8. The van der Waals surface area contributed by atoms with Gasteiger partial charge in [0.05, 0.1) is 49.0 Å². The first-order valence-corrected chi connectivity index (χ1v) is 15.5. The molecule has 256 valence electrons. The van der Waals surface area contributed by atoms with E-state index in [-0.39, 0.29) is 13.1 Å². The predicted molar refractivity (Wildman–Crippen MR) is 183 cm³/mol. The minimum Gasteiger partial charge on any atom is -0.478 e. The summed E-state index contributed by atoms with van der Waals surface area (Å²) in [5.41, 5.74) is 9.65. The smallest absolute Gasteiger partial charge is 0.328 e. The summed E-state index contributed by atoms with van der Waals surface area (Å²) in [4.78, 5) is 32.4. The van der Waals surface area contributed by atoms with Gasteiger partial charge in [0, 0.05) is 23.3 Å². The summed E-state index contributed by atoms with van der Waals surface area (Å²) < 4.78 is 48.5. The van der Waals surface area contributed by atoms with Gasteiger partial charge in [-0.05, 0) is 88.4 Å². The van der Waals surface area contributed by atoms with Gasteiger partial charge in [-0.25, -0.2) is 32.3 Å². The van der Waals surface area contributed by atoms with Crippen molar-refractivity contribution in [3.63, 3.8) is 0 Å². The lowest BCUT2D eigenvalue weighted by Gasteiger charge is -2.37. The third-order valence-electron chi connectivity index (χ3n) is 7.29. The minimum absolute atomic E-state index is 0.132. The van der Waals surface area contributed by atoms with E-state index in [1.165, 1.54) is 23.3 Å². The molecule has 6 rings (SSSR count). The van der Waals surface area contributed by atoms with E-state index in [1.807, 2.05) is 52.0 Å². The van der Waals surface area contributed by atoms with E-state index in [2.05, 4.69) is 51.7 Å². The Labute approximate surface area is 283 Å². The zero-order valence-corrected chi connectivity index (χ0v) is 27.7. The van der Waals surface area contributed by atoms with Crippen LogP contribution in [0.25, 0.3) is 34.7 Å². The molecule has 49 heavy (non-hydrogen) atoms. The second kappa shape index (κ2) is 15.8. The van der Waals surface area contributed by atoms with E-state index in [0.717, 1.165) is 44.6 Å². The Bertz CT molecular complexity index is 1820. The largest absolute Gasteiger partial charge is 0.478 e. The molecule has 7 nitrogen and oxygen atoms in total. The van der Waals surface area contributed by atoms with Gasteiger partial charge in [0.2, 0.25) is 5.91 Å². The van der Waals surface area contributed by atoms with Crippen molar-refractivity contribution in [2.24, 2.45) is 0 Å². The number of aromatic nitrogens is 2. The van der Waals surface area contributed by atoms with Gasteiger partial charge in [0.1, 0.15) is 0 Å². The van der Waals surface area contributed by atoms with Crippen LogP contribution in [0.5, 0.6) is 0 Å². The summed E-state index contributed by atoms with van der Waals surface area (Å²) in [6.45, 7) is 6.87. The van der Waals surface area contributed by atoms with Crippen molar-refractivity contribution in [3.05, 3.63) is 119 Å². The Hall–Kier alpha value is -5.16. The number of carbonyl (C=O) groups excluding carboxylic acids is 1. The molecule has 2 aliphatic heterocycles. The highest BCUT2D eigenvalue weighted by Crippen LogP contribution is 2.27. The average Bonchev–Trinajstić information content (AvgIpc) is 3.01. The summed E-state index contributed by atoms with van der Waals surface area (Å²) in [5, 5.41) is 11.1. The van der Waals surface area contributed by atoms with Crippen LogP contribution in [-0.4, -0.2) is 69.9 Å². The third-order valence-corrected chi connectivity index (χ3v) is 7.29. The van der Waals surface area contributed by atoms with E-state index in [0.29, 0.717) is 11.4 Å². The van der Waals surface area contributed by atoms with E-state index in [9.17, 15) is 27.2 Å². The zero-order chi connectivity index (χ0) is 35.8. The van der Waals surface area contributed by atoms with Crippen molar-refractivity contribution < 1.29 is 32.3 Å². The van der Waals surface area contributed by atoms with Gasteiger partial charge in [0.25, 0.3) is 11.8 Å². The lowest BCUT2D eigenvalue weighted by atomic mass is 10.0. The molecule has 11 heteroatoms. The first-order valence-electron chi connectivity index (χ1n) is 15.5. The summed E-state index contributed by atoms with van der Waals surface area (Å²) >= 11 is 0. The average molecular weight is 675 g/mol. The number of rotatable bonds is 6. The van der Waals surface area contributed by atoms with Crippen LogP contribution in [-0.2, 0) is 9.59 Å². The molecule has 2 aromatic carbocycles. The van der Waals surface area contributed by atoms with Crippen molar-refractivity contribution in [2.75, 3.05) is 26.2 Å². The van der Waals surface area contributed by atoms with Crippen LogP contribution in [0, 0.1) is 27.7 Å². The van der Waals surface area contributed by atoms with E-state index in [1.54, 1.807) is 18.2 Å². The number of pyridine rings is 2. The molecule has 0 bridgehead atoms. The number of carboxylic acid groups (broad SMARTS) is 1. The molecule has 2 fully saturated rings. The molecule has 0 atom stereocenters. The molecule has 0 unspecified atom stereocenters. The number of halogens is 4. The molecule has 2 aromatic heterocycles. The Morgan fingerprint density at radius 3 is 1.45 bits per heavy atom. The van der Waals surface area contributed by atoms with Crippen LogP contribution in [0.4, 0.5) is 17.6 Å². The summed E-state index contributed by atoms with van der Waals surface area (Å²) in [5.74, 6) is -6.52. The van der Waals surface area contributed by atoms with Crippen LogP contribution in [0.2, 0.25) is 0 Å². The fraction of sp³-hybridized carbons (Fsp3) is 0.263. The van der Waals surface area contributed by atoms with Gasteiger partial charge in [-0.3, -0.25) is 4.79 Å². The summed E-state index contributed by atoms with van der Waals surface area (Å²) in [7, 11) is 0. The molecule has 4 aromatic rings. The lowest BCUT2D eigenvalue weighted by molar-refractivity contribution is -0.160. The number of nitrogens with zero attached hydrogens (tertiary/aromatic N) is 3. The van der Waals surface area contributed by atoms with Crippen LogP contribution >= 0.6 is 0 Å². The number of nitrogens with one attached hydrogen (secondary N) is 1. The maximum absolute atomic E-state index is 12.8. The van der Waals surface area contributed by atoms with Crippen molar-refractivity contribution >= 4 is 24.0 Å². The number of likely N-dealkylation sites (tertiary alicyclic amines) is 1. The van der Waals surface area contributed by atoms with Gasteiger partial charge < -0.3 is 15.3 Å². The van der Waals surface area contributed by atoms with Crippen LogP contribution < -0.4 is 5.32 Å². The van der Waals surface area contributed by atoms with Crippen LogP contribution in [0.1, 0.15) is 33.6 Å². The van der Waals surface area contributed by atoms with Crippen molar-refractivity contribution in [1.29, 1.82) is 0 Å². The standard InChI is InChI=1S/C19H18F2N2O.C16H15NO2.C3H5F2N/c1-13-8-14(2)10-15(9-13)17-5-3-4-16(22-17)6-7-18(24)23-11-19(20,21)12-23;1-11-8-12(2)10-13(9-11)15-5-3-4-14(17-15)6-7-16(18)19;4-3(5)1-6-2-3/h3-10H,11-12H2,1-2H3;3-10H,1-2H3,(H,18,19);6H,1-2H2/b2*7-6+;. The highest BCUT2D eigenvalue weighted by Gasteiger charge is 2.45. The number of carboxylic acids is 1. The molecule has 1 amide bonds. The second-order valence-corrected chi connectivity index (χ2v) is 12.2. The number of hydrogen-bond donors (Lipinski definition) is 2. The molecular formula is C38H38F4N4O3. The summed E-state index contributed by atoms with van der Waals surface area (Å²) in [6, 6.07) is 23.6. The fourth-order valence-corrected chi connectivity index (χ4v) is 5.06. The zero-order valence-electron chi connectivity index (χ0n) is 27.7. The lowest BCUT2D eigenvalue weighted by Crippen LogP contribution is -2.57. The molecule has 2 aliphatic rings. The van der Waals surface area contributed by atoms with Crippen molar-refractivity contribution in [2.45, 2.75) is 39.5 Å². The molecule has 0 radical (unpaired) electrons. The van der Waals surface area contributed by atoms with E-state index < -0.39 is 36.8 Å². The quantitative estimate of drug-likeness (QED) is 0.162. The van der Waals surface area contributed by atoms with Gasteiger partial charge in [-0.15, -0.1) is 0 Å². The monoisotopic (exact) mass is 674 g/mol. The molecule has 4 heterocycles. The first kappa shape index (κ1) is 36.7. The van der Waals surface area contributed by atoms with Crippen LogP contribution in [0.15, 0.2) is 84.9 Å². The molecule has 2 saturated heterocycles. The number of benzene rings is 2. The minimum atomic E-state index is -2.75. The van der Waals surface area contributed by atoms with Crippen molar-refractivity contribution in [1.82, 2.24) is 20.2 Å². The molecule has 0 saturated carbocycles. The van der Waals surface area contributed by atoms with Crippen molar-refractivity contribution in [3.8, 4) is 22.5 Å². The maximum Gasteiger partial charge on any atom is 0.328 e. The van der Waals surface area contributed by atoms with Crippen LogP contribution in [0.3, 0.4) is 0 Å². The predicted octanol–water partition coefficient (Wildman–Crippen LogP) is 7.54. The number of carbonyl (C=O) groups is 2. The van der Waals surface area contributed by atoms with Gasteiger partial charge in [-0.2, -0.15) is 0 Å². The highest BCUT2D eigenvalue weighted by atomic mass is 19.3. The van der Waals surface area contributed by atoms with E-state index in [4.69, 9.17) is 5.11 Å². The third kappa shape index (κ3) is 11.5. The Kier molecular flexibility index (Phi) is 11.8. The Balaban J connectivity index is 0.000000192. The number of aliphatic carboxylic acids is 1. The topological polar surface area (TPSA) is 95.4 Å². The Morgan fingerprint density at radius 1 is 0.694 bits per heavy atom. The SMILES string of the molecule is Cc1cc(C)cc(-c2cccc(/C=C/C(=O)N3CC(F)(F)C3)n2)c1.Cc1cc(C)cc(-c2cccc(/C=C/C(=O)O)n2)c1.FC1(F)CNC1. The number of hydrogen-bond acceptors (Lipinski definition) is 5. The Morgan fingerprint density at radius 2 is 1.10 bits per heavy atom. The molecular weight excluding hydrogens is 636 g/mol. The van der Waals surface area contributed by atoms with Gasteiger partial charge in [0.15, 0.2) is 0 Å². The van der Waals surface area contributed by atoms with Gasteiger partial charge in [-0.1, -0.05) is 46.5 Å². The number of alkyl halides is 4. The second-order valence-electron chi connectivity index (χ2n) is 12.2. The fourth-order valence-electron chi connectivity index (χ4n) is 5.06. The molecule has 0 spiro atoms. The number of amides is 1. The molecule has 2 N–H and O–H groups in total. The summed E-state index contributed by atoms with van der Waals surface area (Å²) in [6.07, 6.45) is 5.44. The number of aryl methyl sites for hydroxylation is 4. The highest BCUT2D eigenvalue weighted by molar-refractivity contribution is 5.92. The first-order chi connectivity index (χ1) is 23.1. The normalized spacial score (nSPS) is 15.7.